The molecular weight excluding hydrogens is 222 g/mol. The molecule has 1 aromatic carbocycles. The van der Waals surface area contributed by atoms with Crippen molar-refractivity contribution in [2.24, 2.45) is 5.73 Å². The fraction of sp³-hybridized carbons (Fsp3) is 0.182. The van der Waals surface area contributed by atoms with Crippen molar-refractivity contribution in [2.45, 2.75) is 13.5 Å². The van der Waals surface area contributed by atoms with Gasteiger partial charge in [0.15, 0.2) is 0 Å². The number of aryl methyl sites for hydroxylation is 1. The lowest BCUT2D eigenvalue weighted by atomic mass is 10.2. The fourth-order valence-electron chi connectivity index (χ4n) is 1.82. The number of imidazole rings is 1. The minimum Gasteiger partial charge on any atom is -0.478 e. The van der Waals surface area contributed by atoms with Crippen LogP contribution in [-0.4, -0.2) is 26.5 Å². The van der Waals surface area contributed by atoms with Gasteiger partial charge in [-0.2, -0.15) is 0 Å². The number of amides is 1. The van der Waals surface area contributed by atoms with Crippen molar-refractivity contribution in [3.8, 4) is 0 Å². The second kappa shape index (κ2) is 3.89. The van der Waals surface area contributed by atoms with Gasteiger partial charge in [-0.3, -0.25) is 4.79 Å². The average Bonchev–Trinajstić information content (AvgIpc) is 2.54. The number of nitrogens with zero attached hydrogens (tertiary/aromatic N) is 2. The van der Waals surface area contributed by atoms with Crippen molar-refractivity contribution in [1.29, 1.82) is 0 Å². The van der Waals surface area contributed by atoms with E-state index in [0.717, 1.165) is 0 Å². The minimum absolute atomic E-state index is 0.0768. The van der Waals surface area contributed by atoms with Gasteiger partial charge in [-0.15, -0.1) is 0 Å². The monoisotopic (exact) mass is 233 g/mol. The van der Waals surface area contributed by atoms with Crippen molar-refractivity contribution in [3.05, 3.63) is 29.6 Å². The van der Waals surface area contributed by atoms with E-state index >= 15 is 0 Å². The van der Waals surface area contributed by atoms with Gasteiger partial charge >= 0.3 is 5.97 Å². The van der Waals surface area contributed by atoms with E-state index in [0.29, 0.717) is 16.9 Å². The van der Waals surface area contributed by atoms with Crippen LogP contribution in [0.3, 0.4) is 0 Å². The van der Waals surface area contributed by atoms with Crippen molar-refractivity contribution in [2.75, 3.05) is 0 Å². The number of nitrogens with two attached hydrogens (primary N) is 1. The van der Waals surface area contributed by atoms with Crippen LogP contribution in [0.5, 0.6) is 0 Å². The Morgan fingerprint density at radius 1 is 1.47 bits per heavy atom. The molecule has 0 aliphatic rings. The molecule has 0 radical (unpaired) electrons. The molecule has 88 valence electrons. The molecule has 2 rings (SSSR count). The number of rotatable bonds is 3. The van der Waals surface area contributed by atoms with Gasteiger partial charge in [0, 0.05) is 0 Å². The Morgan fingerprint density at radius 2 is 2.18 bits per heavy atom. The number of carbonyl (C=O) groups excluding carboxylic acids is 1. The molecule has 1 heterocycles. The van der Waals surface area contributed by atoms with Crippen LogP contribution in [0.25, 0.3) is 11.0 Å². The summed E-state index contributed by atoms with van der Waals surface area (Å²) in [6, 6.07) is 4.79. The first kappa shape index (κ1) is 11.1. The van der Waals surface area contributed by atoms with E-state index in [-0.39, 0.29) is 12.1 Å². The van der Waals surface area contributed by atoms with Crippen LogP contribution in [0.4, 0.5) is 0 Å². The Labute approximate surface area is 96.7 Å². The van der Waals surface area contributed by atoms with Gasteiger partial charge in [0.25, 0.3) is 0 Å². The zero-order valence-corrected chi connectivity index (χ0v) is 9.17. The van der Waals surface area contributed by atoms with Crippen LogP contribution in [0.15, 0.2) is 18.2 Å². The smallest absolute Gasteiger partial charge is 0.337 e. The highest BCUT2D eigenvalue weighted by molar-refractivity contribution is 6.01. The molecule has 0 bridgehead atoms. The van der Waals surface area contributed by atoms with Crippen molar-refractivity contribution >= 4 is 22.9 Å². The molecule has 0 atom stereocenters. The van der Waals surface area contributed by atoms with E-state index < -0.39 is 11.9 Å². The number of primary amides is 1. The lowest BCUT2D eigenvalue weighted by Crippen LogP contribution is -2.20. The number of carbonyl (C=O) groups is 2. The summed E-state index contributed by atoms with van der Waals surface area (Å²) in [4.78, 5) is 26.3. The number of hydrogen-bond acceptors (Lipinski definition) is 3. The molecule has 2 aromatic rings. The summed E-state index contributed by atoms with van der Waals surface area (Å²) in [6.07, 6.45) is 0. The van der Waals surface area contributed by atoms with Gasteiger partial charge in [-0.05, 0) is 19.1 Å². The summed E-state index contributed by atoms with van der Waals surface area (Å²) in [5.41, 5.74) is 6.22. The number of carboxylic acid groups (broad SMARTS) is 1. The summed E-state index contributed by atoms with van der Waals surface area (Å²) in [5, 5.41) is 9.09. The molecule has 0 saturated heterocycles. The van der Waals surface area contributed by atoms with Gasteiger partial charge in [0.1, 0.15) is 12.4 Å². The first-order chi connectivity index (χ1) is 8.00. The average molecular weight is 233 g/mol. The molecule has 0 unspecified atom stereocenters. The highest BCUT2D eigenvalue weighted by Crippen LogP contribution is 2.20. The van der Waals surface area contributed by atoms with Crippen molar-refractivity contribution in [3.63, 3.8) is 0 Å². The molecule has 6 heteroatoms. The number of benzene rings is 1. The highest BCUT2D eigenvalue weighted by Gasteiger charge is 2.16. The summed E-state index contributed by atoms with van der Waals surface area (Å²) in [6.45, 7) is 1.63. The first-order valence-corrected chi connectivity index (χ1v) is 4.98. The summed E-state index contributed by atoms with van der Waals surface area (Å²) in [7, 11) is 0. The normalized spacial score (nSPS) is 10.6. The van der Waals surface area contributed by atoms with Crippen LogP contribution in [0, 0.1) is 6.92 Å². The molecule has 0 fully saturated rings. The van der Waals surface area contributed by atoms with E-state index in [1.165, 1.54) is 10.6 Å². The van der Waals surface area contributed by atoms with E-state index in [2.05, 4.69) is 4.98 Å². The lowest BCUT2D eigenvalue weighted by molar-refractivity contribution is -0.118. The number of fused-ring (bicyclic) bond motifs is 1. The Bertz CT molecular complexity index is 616. The van der Waals surface area contributed by atoms with E-state index in [9.17, 15) is 9.59 Å². The third kappa shape index (κ3) is 1.84. The first-order valence-electron chi connectivity index (χ1n) is 4.98. The second-order valence-corrected chi connectivity index (χ2v) is 3.69. The molecule has 3 N–H and O–H groups in total. The van der Waals surface area contributed by atoms with Crippen LogP contribution in [0.2, 0.25) is 0 Å². The van der Waals surface area contributed by atoms with Gasteiger partial charge < -0.3 is 15.4 Å². The van der Waals surface area contributed by atoms with Gasteiger partial charge in [-0.25, -0.2) is 9.78 Å². The molecule has 0 aliphatic heterocycles. The Balaban J connectivity index is 2.77. The quantitative estimate of drug-likeness (QED) is 0.807. The minimum atomic E-state index is -1.05. The summed E-state index contributed by atoms with van der Waals surface area (Å²) >= 11 is 0. The third-order valence-electron chi connectivity index (χ3n) is 2.50. The second-order valence-electron chi connectivity index (χ2n) is 3.69. The predicted octanol–water partition coefficient (Wildman–Crippen LogP) is 0.528. The lowest BCUT2D eigenvalue weighted by Gasteiger charge is -2.05. The number of hydrogen-bond donors (Lipinski definition) is 2. The molecule has 0 spiro atoms. The van der Waals surface area contributed by atoms with Gasteiger partial charge in [0.05, 0.1) is 16.6 Å². The van der Waals surface area contributed by atoms with E-state index in [1.807, 2.05) is 0 Å². The van der Waals surface area contributed by atoms with Gasteiger partial charge in [-0.1, -0.05) is 6.07 Å². The molecule has 0 saturated carbocycles. The van der Waals surface area contributed by atoms with Crippen molar-refractivity contribution in [1.82, 2.24) is 9.55 Å². The highest BCUT2D eigenvalue weighted by atomic mass is 16.4. The van der Waals surface area contributed by atoms with Crippen LogP contribution in [-0.2, 0) is 11.3 Å². The Hall–Kier alpha value is -2.37. The molecule has 1 aromatic heterocycles. The zero-order chi connectivity index (χ0) is 12.6. The SMILES string of the molecule is Cc1nc2cccc(C(=O)O)c2n1CC(N)=O. The Morgan fingerprint density at radius 3 is 2.76 bits per heavy atom. The van der Waals surface area contributed by atoms with Crippen LogP contribution in [0.1, 0.15) is 16.2 Å². The van der Waals surface area contributed by atoms with E-state index in [1.54, 1.807) is 19.1 Å². The summed E-state index contributed by atoms with van der Waals surface area (Å²) in [5.74, 6) is -1.03. The number of para-hydroxylation sites is 1. The zero-order valence-electron chi connectivity index (χ0n) is 9.17. The maximum absolute atomic E-state index is 11.1. The molecular formula is C11H11N3O3. The predicted molar refractivity (Wildman–Crippen MR) is 60.6 cm³/mol. The number of aromatic nitrogens is 2. The maximum Gasteiger partial charge on any atom is 0.337 e. The van der Waals surface area contributed by atoms with Crippen molar-refractivity contribution < 1.29 is 14.7 Å². The largest absolute Gasteiger partial charge is 0.478 e. The topological polar surface area (TPSA) is 98.2 Å². The van der Waals surface area contributed by atoms with E-state index in [4.69, 9.17) is 10.8 Å². The maximum atomic E-state index is 11.1. The molecule has 6 nitrogen and oxygen atoms in total. The van der Waals surface area contributed by atoms with Crippen LogP contribution >= 0.6 is 0 Å². The van der Waals surface area contributed by atoms with Crippen LogP contribution < -0.4 is 5.73 Å². The fourth-order valence-corrected chi connectivity index (χ4v) is 1.82. The standard InChI is InChI=1S/C11H11N3O3/c1-6-13-8-4-2-3-7(11(16)17)10(8)14(6)5-9(12)15/h2-4H,5H2,1H3,(H2,12,15)(H,16,17). The molecule has 17 heavy (non-hydrogen) atoms. The molecule has 1 amide bonds. The number of carboxylic acids is 1. The summed E-state index contributed by atoms with van der Waals surface area (Å²) < 4.78 is 1.52. The number of aromatic carboxylic acids is 1. The Kier molecular flexibility index (Phi) is 2.55. The molecule has 0 aliphatic carbocycles. The third-order valence-corrected chi connectivity index (χ3v) is 2.50. The van der Waals surface area contributed by atoms with Gasteiger partial charge in [0.2, 0.25) is 5.91 Å².